The predicted molar refractivity (Wildman–Crippen MR) is 75.5 cm³/mol. The van der Waals surface area contributed by atoms with Crippen molar-refractivity contribution in [3.63, 3.8) is 0 Å². The number of likely N-dealkylation sites (N-methyl/N-ethyl adjacent to an activating group) is 1. The maximum absolute atomic E-state index is 9.31. The van der Waals surface area contributed by atoms with Gasteiger partial charge in [0.2, 0.25) is 0 Å². The zero-order valence-corrected chi connectivity index (χ0v) is 12.2. The van der Waals surface area contributed by atoms with Gasteiger partial charge in [-0.05, 0) is 32.2 Å². The summed E-state index contributed by atoms with van der Waals surface area (Å²) >= 11 is 1.72. The van der Waals surface area contributed by atoms with E-state index >= 15 is 0 Å². The highest BCUT2D eigenvalue weighted by Crippen LogP contribution is 2.45. The lowest BCUT2D eigenvalue weighted by Crippen LogP contribution is -2.34. The Bertz CT molecular complexity index is 428. The van der Waals surface area contributed by atoms with Gasteiger partial charge >= 0.3 is 0 Å². The highest BCUT2D eigenvalue weighted by atomic mass is 32.2. The van der Waals surface area contributed by atoms with Gasteiger partial charge in [0, 0.05) is 23.8 Å². The minimum Gasteiger partial charge on any atom is -0.395 e. The summed E-state index contributed by atoms with van der Waals surface area (Å²) in [5, 5.41) is 22.4. The smallest absolute Gasteiger partial charge is 0.191 e. The number of nitrogens with zero attached hydrogens (tertiary/aromatic N) is 3. The van der Waals surface area contributed by atoms with Gasteiger partial charge in [0.1, 0.15) is 5.82 Å². The fraction of sp³-hybridized carbons (Fsp3) is 0.846. The Kier molecular flexibility index (Phi) is 4.10. The monoisotopic (exact) mass is 282 g/mol. The molecule has 2 fully saturated rings. The molecule has 1 aromatic heterocycles. The third-order valence-corrected chi connectivity index (χ3v) is 4.78. The predicted octanol–water partition coefficient (Wildman–Crippen LogP) is 1.55. The van der Waals surface area contributed by atoms with E-state index < -0.39 is 0 Å². The van der Waals surface area contributed by atoms with Crippen molar-refractivity contribution in [2.45, 2.75) is 55.8 Å². The quantitative estimate of drug-likeness (QED) is 0.708. The summed E-state index contributed by atoms with van der Waals surface area (Å²) in [6.45, 7) is 3.12. The number of hydrogen-bond donors (Lipinski definition) is 2. The number of nitrogens with one attached hydrogen (secondary N) is 1. The molecule has 1 unspecified atom stereocenters. The van der Waals surface area contributed by atoms with Crippen molar-refractivity contribution >= 4 is 11.8 Å². The second kappa shape index (κ2) is 5.81. The first-order chi connectivity index (χ1) is 9.33. The Morgan fingerprint density at radius 1 is 1.37 bits per heavy atom. The lowest BCUT2D eigenvalue weighted by atomic mass is 10.4. The van der Waals surface area contributed by atoms with E-state index in [4.69, 9.17) is 0 Å². The summed E-state index contributed by atoms with van der Waals surface area (Å²) in [7, 11) is 0. The molecule has 2 saturated carbocycles. The lowest BCUT2D eigenvalue weighted by molar-refractivity contribution is 0.255. The number of aliphatic hydroxyl groups excluding tert-OH is 1. The SMILES string of the molecule is CCNC(CO)CSc1nnc(C2CC2)n1C1CC1. The van der Waals surface area contributed by atoms with Crippen LogP contribution < -0.4 is 5.32 Å². The fourth-order valence-corrected chi connectivity index (χ4v) is 3.38. The second-order valence-corrected chi connectivity index (χ2v) is 6.45. The Labute approximate surface area is 118 Å². The number of rotatable bonds is 8. The summed E-state index contributed by atoms with van der Waals surface area (Å²) in [5.41, 5.74) is 0. The van der Waals surface area contributed by atoms with Gasteiger partial charge in [-0.2, -0.15) is 0 Å². The van der Waals surface area contributed by atoms with Crippen molar-refractivity contribution in [2.75, 3.05) is 18.9 Å². The molecule has 0 spiro atoms. The van der Waals surface area contributed by atoms with Crippen LogP contribution in [0.15, 0.2) is 5.16 Å². The van der Waals surface area contributed by atoms with Gasteiger partial charge in [-0.25, -0.2) is 0 Å². The van der Waals surface area contributed by atoms with Gasteiger partial charge in [0.25, 0.3) is 0 Å². The molecule has 0 saturated heterocycles. The number of hydrogen-bond acceptors (Lipinski definition) is 5. The molecule has 0 aliphatic heterocycles. The van der Waals surface area contributed by atoms with Crippen LogP contribution in [0.5, 0.6) is 0 Å². The molecule has 6 heteroatoms. The summed E-state index contributed by atoms with van der Waals surface area (Å²) in [4.78, 5) is 0. The topological polar surface area (TPSA) is 63.0 Å². The molecule has 2 aliphatic carbocycles. The zero-order chi connectivity index (χ0) is 13.2. The minimum atomic E-state index is 0.142. The van der Waals surface area contributed by atoms with E-state index in [2.05, 4.69) is 27.0 Å². The fourth-order valence-electron chi connectivity index (χ4n) is 2.32. The minimum absolute atomic E-state index is 0.142. The molecule has 1 atom stereocenters. The van der Waals surface area contributed by atoms with Crippen molar-refractivity contribution < 1.29 is 5.11 Å². The highest BCUT2D eigenvalue weighted by Gasteiger charge is 2.36. The van der Waals surface area contributed by atoms with Crippen LogP contribution in [0.4, 0.5) is 0 Å². The maximum Gasteiger partial charge on any atom is 0.191 e. The van der Waals surface area contributed by atoms with Crippen molar-refractivity contribution in [1.29, 1.82) is 0 Å². The summed E-state index contributed by atoms with van der Waals surface area (Å²) in [6, 6.07) is 0.781. The Morgan fingerprint density at radius 3 is 2.74 bits per heavy atom. The standard InChI is InChI=1S/C13H22N4OS/c1-2-14-10(7-18)8-19-13-16-15-12(9-3-4-9)17(13)11-5-6-11/h9-11,14,18H,2-8H2,1H3. The maximum atomic E-state index is 9.31. The number of thioether (sulfide) groups is 1. The van der Waals surface area contributed by atoms with Gasteiger partial charge in [-0.15, -0.1) is 10.2 Å². The average Bonchev–Trinajstić information content (AvgIpc) is 3.33. The van der Waals surface area contributed by atoms with Gasteiger partial charge < -0.3 is 15.0 Å². The first kappa shape index (κ1) is 13.4. The van der Waals surface area contributed by atoms with E-state index in [1.54, 1.807) is 11.8 Å². The van der Waals surface area contributed by atoms with E-state index in [-0.39, 0.29) is 12.6 Å². The van der Waals surface area contributed by atoms with E-state index in [1.807, 2.05) is 0 Å². The Balaban J connectivity index is 1.66. The number of aliphatic hydroxyl groups is 1. The molecule has 0 radical (unpaired) electrons. The molecule has 3 rings (SSSR count). The molecule has 2 N–H and O–H groups in total. The molecule has 106 valence electrons. The zero-order valence-electron chi connectivity index (χ0n) is 11.4. The molecule has 1 aromatic rings. The first-order valence-electron chi connectivity index (χ1n) is 7.25. The van der Waals surface area contributed by atoms with Gasteiger partial charge in [-0.3, -0.25) is 0 Å². The van der Waals surface area contributed by atoms with E-state index in [1.165, 1.54) is 31.5 Å². The molecule has 5 nitrogen and oxygen atoms in total. The second-order valence-electron chi connectivity index (χ2n) is 5.46. The molecule has 0 aromatic carbocycles. The van der Waals surface area contributed by atoms with Crippen LogP contribution in [0.2, 0.25) is 0 Å². The first-order valence-corrected chi connectivity index (χ1v) is 8.23. The van der Waals surface area contributed by atoms with Crippen molar-refractivity contribution in [2.24, 2.45) is 0 Å². The molecule has 1 heterocycles. The average molecular weight is 282 g/mol. The molecular formula is C13H22N4OS. The van der Waals surface area contributed by atoms with Crippen LogP contribution in [0.25, 0.3) is 0 Å². The number of aromatic nitrogens is 3. The van der Waals surface area contributed by atoms with Crippen LogP contribution in [0.1, 0.15) is 50.4 Å². The van der Waals surface area contributed by atoms with E-state index in [0.29, 0.717) is 12.0 Å². The van der Waals surface area contributed by atoms with Crippen molar-refractivity contribution in [1.82, 2.24) is 20.1 Å². The molecule has 0 bridgehead atoms. The lowest BCUT2D eigenvalue weighted by Gasteiger charge is -2.14. The van der Waals surface area contributed by atoms with Crippen LogP contribution in [0.3, 0.4) is 0 Å². The van der Waals surface area contributed by atoms with Crippen molar-refractivity contribution in [3.8, 4) is 0 Å². The van der Waals surface area contributed by atoms with Crippen LogP contribution in [-0.4, -0.2) is 44.8 Å². The molecule has 19 heavy (non-hydrogen) atoms. The van der Waals surface area contributed by atoms with Crippen LogP contribution >= 0.6 is 11.8 Å². The Hall–Kier alpha value is -0.590. The Morgan fingerprint density at radius 2 is 2.16 bits per heavy atom. The van der Waals surface area contributed by atoms with Crippen molar-refractivity contribution in [3.05, 3.63) is 5.82 Å². The molecular weight excluding hydrogens is 260 g/mol. The van der Waals surface area contributed by atoms with E-state index in [9.17, 15) is 5.11 Å². The third-order valence-electron chi connectivity index (χ3n) is 3.67. The normalized spacial score (nSPS) is 20.7. The molecule has 2 aliphatic rings. The van der Waals surface area contributed by atoms with Gasteiger partial charge in [0.05, 0.1) is 6.61 Å². The largest absolute Gasteiger partial charge is 0.395 e. The highest BCUT2D eigenvalue weighted by molar-refractivity contribution is 7.99. The van der Waals surface area contributed by atoms with Crippen LogP contribution in [-0.2, 0) is 0 Å². The van der Waals surface area contributed by atoms with E-state index in [0.717, 1.165) is 17.5 Å². The summed E-state index contributed by atoms with van der Waals surface area (Å²) < 4.78 is 2.36. The summed E-state index contributed by atoms with van der Waals surface area (Å²) in [5.74, 6) is 2.71. The summed E-state index contributed by atoms with van der Waals surface area (Å²) in [6.07, 6.45) is 5.07. The molecule has 0 amide bonds. The van der Waals surface area contributed by atoms with Gasteiger partial charge in [-0.1, -0.05) is 18.7 Å². The third kappa shape index (κ3) is 3.12. The van der Waals surface area contributed by atoms with Crippen LogP contribution in [0, 0.1) is 0 Å². The van der Waals surface area contributed by atoms with Gasteiger partial charge in [0.15, 0.2) is 5.16 Å².